The van der Waals surface area contributed by atoms with Gasteiger partial charge in [-0.3, -0.25) is 4.79 Å². The molecule has 0 atom stereocenters. The van der Waals surface area contributed by atoms with E-state index in [0.29, 0.717) is 13.1 Å². The Labute approximate surface area is 116 Å². The van der Waals surface area contributed by atoms with Crippen molar-refractivity contribution in [2.24, 2.45) is 0 Å². The Kier molecular flexibility index (Phi) is 5.81. The molecular formula is C11H18BrNO4S. The molecule has 0 bridgehead atoms. The SMILES string of the molecule is CCOC(=O)CCS(=O)(=O)N1CCC(C)=C(Br)C1. The van der Waals surface area contributed by atoms with Crippen LogP contribution in [-0.2, 0) is 19.6 Å². The maximum absolute atomic E-state index is 12.0. The number of halogens is 1. The van der Waals surface area contributed by atoms with Crippen LogP contribution in [0.2, 0.25) is 0 Å². The first-order valence-electron chi connectivity index (χ1n) is 5.84. The molecule has 1 aliphatic rings. The lowest BCUT2D eigenvalue weighted by Gasteiger charge is -2.26. The van der Waals surface area contributed by atoms with Gasteiger partial charge in [0, 0.05) is 17.6 Å². The first-order valence-corrected chi connectivity index (χ1v) is 8.24. The van der Waals surface area contributed by atoms with E-state index in [1.54, 1.807) is 6.92 Å². The summed E-state index contributed by atoms with van der Waals surface area (Å²) in [5.41, 5.74) is 1.17. The van der Waals surface area contributed by atoms with Crippen molar-refractivity contribution in [3.05, 3.63) is 10.1 Å². The van der Waals surface area contributed by atoms with Crippen molar-refractivity contribution in [3.63, 3.8) is 0 Å². The third-order valence-electron chi connectivity index (χ3n) is 2.78. The molecule has 0 aliphatic carbocycles. The summed E-state index contributed by atoms with van der Waals surface area (Å²) >= 11 is 3.37. The van der Waals surface area contributed by atoms with Crippen LogP contribution in [0.3, 0.4) is 0 Å². The minimum atomic E-state index is -3.38. The lowest BCUT2D eigenvalue weighted by atomic mass is 10.1. The number of carbonyl (C=O) groups excluding carboxylic acids is 1. The Hall–Kier alpha value is -0.400. The fourth-order valence-electron chi connectivity index (χ4n) is 1.61. The standard InChI is InChI=1S/C11H18BrNO4S/c1-3-17-11(14)5-7-18(15,16)13-6-4-9(2)10(12)8-13/h3-8H2,1-2H3. The molecule has 0 aromatic heterocycles. The number of carbonyl (C=O) groups is 1. The molecule has 1 heterocycles. The van der Waals surface area contributed by atoms with Gasteiger partial charge in [0.2, 0.25) is 10.0 Å². The fourth-order valence-corrected chi connectivity index (χ4v) is 3.65. The second-order valence-corrected chi connectivity index (χ2v) is 7.19. The van der Waals surface area contributed by atoms with E-state index >= 15 is 0 Å². The number of hydrogen-bond acceptors (Lipinski definition) is 4. The molecule has 0 unspecified atom stereocenters. The Bertz CT molecular complexity index is 444. The summed E-state index contributed by atoms with van der Waals surface area (Å²) in [7, 11) is -3.38. The molecule has 0 aromatic rings. The molecule has 5 nitrogen and oxygen atoms in total. The molecule has 104 valence electrons. The number of sulfonamides is 1. The smallest absolute Gasteiger partial charge is 0.306 e. The van der Waals surface area contributed by atoms with Gasteiger partial charge in [-0.15, -0.1) is 0 Å². The Morgan fingerprint density at radius 3 is 2.72 bits per heavy atom. The van der Waals surface area contributed by atoms with Crippen LogP contribution in [0.1, 0.15) is 26.7 Å². The lowest BCUT2D eigenvalue weighted by molar-refractivity contribution is -0.142. The zero-order valence-corrected chi connectivity index (χ0v) is 13.0. The number of ether oxygens (including phenoxy) is 1. The quantitative estimate of drug-likeness (QED) is 0.714. The zero-order valence-electron chi connectivity index (χ0n) is 10.6. The van der Waals surface area contributed by atoms with Crippen LogP contribution in [-0.4, -0.2) is 44.1 Å². The summed E-state index contributed by atoms with van der Waals surface area (Å²) < 4.78 is 31.1. The van der Waals surface area contributed by atoms with Crippen LogP contribution in [0.15, 0.2) is 10.1 Å². The predicted molar refractivity (Wildman–Crippen MR) is 72.9 cm³/mol. The van der Waals surface area contributed by atoms with Crippen LogP contribution in [0.5, 0.6) is 0 Å². The third kappa shape index (κ3) is 4.37. The van der Waals surface area contributed by atoms with Crippen LogP contribution in [0.4, 0.5) is 0 Å². The molecule has 0 saturated heterocycles. The van der Waals surface area contributed by atoms with Crippen molar-refractivity contribution >= 4 is 31.9 Å². The molecule has 18 heavy (non-hydrogen) atoms. The van der Waals surface area contributed by atoms with E-state index in [0.717, 1.165) is 10.9 Å². The van der Waals surface area contributed by atoms with Crippen molar-refractivity contribution in [3.8, 4) is 0 Å². The average molecular weight is 340 g/mol. The summed E-state index contributed by atoms with van der Waals surface area (Å²) in [6.07, 6.45) is 0.631. The predicted octanol–water partition coefficient (Wildman–Crippen LogP) is 1.64. The van der Waals surface area contributed by atoms with Crippen LogP contribution in [0.25, 0.3) is 0 Å². The molecule has 0 fully saturated rings. The molecular weight excluding hydrogens is 322 g/mol. The average Bonchev–Trinajstić information content (AvgIpc) is 2.30. The van der Waals surface area contributed by atoms with E-state index in [1.165, 1.54) is 9.88 Å². The van der Waals surface area contributed by atoms with Crippen molar-refractivity contribution in [1.29, 1.82) is 0 Å². The first kappa shape index (κ1) is 15.7. The molecule has 1 aliphatic heterocycles. The maximum atomic E-state index is 12.0. The van der Waals surface area contributed by atoms with Crippen molar-refractivity contribution in [1.82, 2.24) is 4.31 Å². The second kappa shape index (κ2) is 6.68. The van der Waals surface area contributed by atoms with Gasteiger partial charge in [0.15, 0.2) is 0 Å². The molecule has 7 heteroatoms. The number of nitrogens with zero attached hydrogens (tertiary/aromatic N) is 1. The van der Waals surface area contributed by atoms with Crippen molar-refractivity contribution in [2.75, 3.05) is 25.4 Å². The Morgan fingerprint density at radius 2 is 2.17 bits per heavy atom. The van der Waals surface area contributed by atoms with Gasteiger partial charge in [-0.1, -0.05) is 21.5 Å². The highest BCUT2D eigenvalue weighted by Gasteiger charge is 2.26. The van der Waals surface area contributed by atoms with Crippen LogP contribution in [0, 0.1) is 0 Å². The maximum Gasteiger partial charge on any atom is 0.306 e. The zero-order chi connectivity index (χ0) is 13.8. The Balaban J connectivity index is 2.57. The summed E-state index contributed by atoms with van der Waals surface area (Å²) in [6, 6.07) is 0. The van der Waals surface area contributed by atoms with Crippen molar-refractivity contribution < 1.29 is 17.9 Å². The van der Waals surface area contributed by atoms with Gasteiger partial charge < -0.3 is 4.74 Å². The Morgan fingerprint density at radius 1 is 1.50 bits per heavy atom. The lowest BCUT2D eigenvalue weighted by Crippen LogP contribution is -2.38. The third-order valence-corrected chi connectivity index (χ3v) is 5.52. The number of rotatable bonds is 5. The van der Waals surface area contributed by atoms with E-state index in [1.807, 2.05) is 6.92 Å². The molecule has 0 saturated carbocycles. The molecule has 0 radical (unpaired) electrons. The van der Waals surface area contributed by atoms with E-state index < -0.39 is 16.0 Å². The monoisotopic (exact) mass is 339 g/mol. The fraction of sp³-hybridized carbons (Fsp3) is 0.727. The molecule has 0 N–H and O–H groups in total. The first-order chi connectivity index (χ1) is 8.36. The topological polar surface area (TPSA) is 63.7 Å². The second-order valence-electron chi connectivity index (χ2n) is 4.14. The minimum absolute atomic E-state index is 0.0903. The normalized spacial score (nSPS) is 17.9. The van der Waals surface area contributed by atoms with Crippen LogP contribution >= 0.6 is 15.9 Å². The highest BCUT2D eigenvalue weighted by molar-refractivity contribution is 9.11. The summed E-state index contributed by atoms with van der Waals surface area (Å²) in [5.74, 6) is -0.658. The largest absolute Gasteiger partial charge is 0.466 e. The number of esters is 1. The molecule has 1 rings (SSSR count). The molecule has 0 spiro atoms. The molecule has 0 aromatic carbocycles. The highest BCUT2D eigenvalue weighted by Crippen LogP contribution is 2.24. The van der Waals surface area contributed by atoms with Gasteiger partial charge >= 0.3 is 5.97 Å². The van der Waals surface area contributed by atoms with Gasteiger partial charge in [0.05, 0.1) is 18.8 Å². The summed E-state index contributed by atoms with van der Waals surface area (Å²) in [5, 5.41) is 0. The minimum Gasteiger partial charge on any atom is -0.466 e. The van der Waals surface area contributed by atoms with Gasteiger partial charge in [-0.25, -0.2) is 8.42 Å². The summed E-state index contributed by atoms with van der Waals surface area (Å²) in [4.78, 5) is 11.2. The van der Waals surface area contributed by atoms with Gasteiger partial charge in [-0.2, -0.15) is 4.31 Å². The van der Waals surface area contributed by atoms with E-state index in [9.17, 15) is 13.2 Å². The van der Waals surface area contributed by atoms with E-state index in [-0.39, 0.29) is 18.8 Å². The number of hydrogen-bond donors (Lipinski definition) is 0. The van der Waals surface area contributed by atoms with E-state index in [4.69, 9.17) is 4.74 Å². The highest BCUT2D eigenvalue weighted by atomic mass is 79.9. The van der Waals surface area contributed by atoms with Gasteiger partial charge in [-0.05, 0) is 20.3 Å². The van der Waals surface area contributed by atoms with Crippen LogP contribution < -0.4 is 0 Å². The van der Waals surface area contributed by atoms with E-state index in [2.05, 4.69) is 15.9 Å². The van der Waals surface area contributed by atoms with Gasteiger partial charge in [0.25, 0.3) is 0 Å². The molecule has 0 amide bonds. The van der Waals surface area contributed by atoms with Gasteiger partial charge in [0.1, 0.15) is 0 Å². The van der Waals surface area contributed by atoms with Crippen molar-refractivity contribution in [2.45, 2.75) is 26.7 Å². The summed E-state index contributed by atoms with van der Waals surface area (Å²) in [6.45, 7) is 4.79.